The van der Waals surface area contributed by atoms with Gasteiger partial charge in [-0.05, 0) is 13.8 Å². The third kappa shape index (κ3) is 3.18. The summed E-state index contributed by atoms with van der Waals surface area (Å²) in [6.45, 7) is 4.54. The molecule has 2 amide bonds. The molecule has 3 unspecified atom stereocenters. The third-order valence-electron chi connectivity index (χ3n) is 6.18. The number of amidine groups is 1. The monoisotopic (exact) mass is 425 g/mol. The standard InChI is InChI=1S/C21H23N5O5/c1-10-3-4-13-14(5-10)24-15(23-13)6-22-20(29)12-7-25-8-16-26(11(2)9-31-16)21(30)17(25)19(28)18(12)27/h3-5,7,11,13-14,16-17H,6,8-9H2,1-2H3,(H,22,29)(H,23,24)/t11-,13?,14?,16+,17?/m0/s1. The number of nitrogens with zero attached hydrogens (tertiary/aromatic N) is 3. The molecule has 0 bridgehead atoms. The van der Waals surface area contributed by atoms with Gasteiger partial charge in [0.25, 0.3) is 11.8 Å². The summed E-state index contributed by atoms with van der Waals surface area (Å²) >= 11 is 0. The number of hydrogen-bond acceptors (Lipinski definition) is 8. The number of aliphatic imine (C=N–C) groups is 1. The number of carbonyl (C=O) groups excluding carboxylic acids is 4. The molecule has 5 rings (SSSR count). The number of allylic oxidation sites excluding steroid dienone is 2. The first-order valence-electron chi connectivity index (χ1n) is 10.3. The van der Waals surface area contributed by atoms with Crippen molar-refractivity contribution in [1.29, 1.82) is 0 Å². The molecule has 2 fully saturated rings. The molecule has 5 atom stereocenters. The topological polar surface area (TPSA) is 120 Å². The van der Waals surface area contributed by atoms with Crippen LogP contribution in [0.25, 0.3) is 0 Å². The molecule has 4 heterocycles. The van der Waals surface area contributed by atoms with Gasteiger partial charge in [0.05, 0.1) is 37.8 Å². The Hall–Kier alpha value is -3.27. The fourth-order valence-corrected chi connectivity index (χ4v) is 4.62. The highest BCUT2D eigenvalue weighted by Gasteiger charge is 2.52. The van der Waals surface area contributed by atoms with E-state index in [-0.39, 0.29) is 36.8 Å². The highest BCUT2D eigenvalue weighted by Crippen LogP contribution is 2.29. The minimum Gasteiger partial charge on any atom is -0.364 e. The van der Waals surface area contributed by atoms with Crippen LogP contribution in [0.5, 0.6) is 0 Å². The van der Waals surface area contributed by atoms with Gasteiger partial charge >= 0.3 is 0 Å². The molecule has 4 aliphatic heterocycles. The molecule has 10 heteroatoms. The van der Waals surface area contributed by atoms with Crippen molar-refractivity contribution in [2.24, 2.45) is 4.99 Å². The Morgan fingerprint density at radius 1 is 1.35 bits per heavy atom. The molecule has 5 aliphatic rings. The summed E-state index contributed by atoms with van der Waals surface area (Å²) in [5, 5.41) is 5.90. The average molecular weight is 425 g/mol. The summed E-state index contributed by atoms with van der Waals surface area (Å²) in [6, 6.07) is -1.36. The van der Waals surface area contributed by atoms with Crippen LogP contribution in [0.1, 0.15) is 13.8 Å². The highest BCUT2D eigenvalue weighted by molar-refractivity contribution is 6.54. The molecular formula is C21H23N5O5. The number of nitrogens with one attached hydrogen (secondary N) is 2. The van der Waals surface area contributed by atoms with Crippen molar-refractivity contribution in [3.05, 3.63) is 35.6 Å². The van der Waals surface area contributed by atoms with E-state index < -0.39 is 35.7 Å². The van der Waals surface area contributed by atoms with Crippen LogP contribution in [-0.4, -0.2) is 89.1 Å². The van der Waals surface area contributed by atoms with Crippen molar-refractivity contribution in [3.8, 4) is 0 Å². The summed E-state index contributed by atoms with van der Waals surface area (Å²) in [5.74, 6) is -2.37. The van der Waals surface area contributed by atoms with Gasteiger partial charge in [-0.15, -0.1) is 0 Å². The van der Waals surface area contributed by atoms with Crippen LogP contribution in [0.2, 0.25) is 0 Å². The van der Waals surface area contributed by atoms with Crippen molar-refractivity contribution in [3.63, 3.8) is 0 Å². The predicted molar refractivity (Wildman–Crippen MR) is 109 cm³/mol. The normalized spacial score (nSPS) is 33.8. The van der Waals surface area contributed by atoms with E-state index in [9.17, 15) is 19.2 Å². The maximum absolute atomic E-state index is 12.8. The number of amides is 2. The van der Waals surface area contributed by atoms with Crippen molar-refractivity contribution in [2.45, 2.75) is 44.2 Å². The molecule has 10 nitrogen and oxygen atoms in total. The first-order chi connectivity index (χ1) is 14.8. The van der Waals surface area contributed by atoms with Gasteiger partial charge in [0.15, 0.2) is 6.04 Å². The maximum atomic E-state index is 12.8. The van der Waals surface area contributed by atoms with E-state index in [2.05, 4.69) is 21.7 Å². The summed E-state index contributed by atoms with van der Waals surface area (Å²) in [5.41, 5.74) is 0.857. The second-order valence-corrected chi connectivity index (χ2v) is 8.41. The Morgan fingerprint density at radius 3 is 2.97 bits per heavy atom. The highest BCUT2D eigenvalue weighted by atomic mass is 16.5. The van der Waals surface area contributed by atoms with Crippen LogP contribution in [0, 0.1) is 0 Å². The molecule has 2 saturated heterocycles. The largest absolute Gasteiger partial charge is 0.364 e. The lowest BCUT2D eigenvalue weighted by Gasteiger charge is -2.43. The number of piperazine rings is 1. The van der Waals surface area contributed by atoms with Gasteiger partial charge in [0.2, 0.25) is 11.6 Å². The lowest BCUT2D eigenvalue weighted by atomic mass is 9.93. The predicted octanol–water partition coefficient (Wildman–Crippen LogP) is -1.35. The zero-order valence-electron chi connectivity index (χ0n) is 17.2. The molecule has 31 heavy (non-hydrogen) atoms. The van der Waals surface area contributed by atoms with Crippen LogP contribution in [0.3, 0.4) is 0 Å². The number of ether oxygens (including phenoxy) is 1. The maximum Gasteiger partial charge on any atom is 0.257 e. The van der Waals surface area contributed by atoms with Gasteiger partial charge in [-0.3, -0.25) is 24.2 Å². The lowest BCUT2D eigenvalue weighted by Crippen LogP contribution is -2.65. The molecule has 0 saturated carbocycles. The summed E-state index contributed by atoms with van der Waals surface area (Å²) in [6.07, 6.45) is 6.87. The minimum atomic E-state index is -1.23. The quantitative estimate of drug-likeness (QED) is 0.326. The summed E-state index contributed by atoms with van der Waals surface area (Å²) in [7, 11) is 0. The van der Waals surface area contributed by atoms with Gasteiger partial charge in [0, 0.05) is 6.20 Å². The lowest BCUT2D eigenvalue weighted by molar-refractivity contribution is -0.159. The Balaban J connectivity index is 1.29. The van der Waals surface area contributed by atoms with Crippen LogP contribution >= 0.6 is 0 Å². The van der Waals surface area contributed by atoms with E-state index >= 15 is 0 Å². The van der Waals surface area contributed by atoms with Gasteiger partial charge < -0.3 is 25.2 Å². The van der Waals surface area contributed by atoms with Gasteiger partial charge in [0.1, 0.15) is 17.6 Å². The Kier molecular flexibility index (Phi) is 4.54. The summed E-state index contributed by atoms with van der Waals surface area (Å²) < 4.78 is 5.62. The second-order valence-electron chi connectivity index (χ2n) is 8.41. The minimum absolute atomic E-state index is 0.0235. The Bertz CT molecular complexity index is 1010. The van der Waals surface area contributed by atoms with Gasteiger partial charge in [-0.25, -0.2) is 0 Å². The Morgan fingerprint density at radius 2 is 2.16 bits per heavy atom. The first-order valence-corrected chi connectivity index (χ1v) is 10.3. The molecular weight excluding hydrogens is 402 g/mol. The zero-order chi connectivity index (χ0) is 21.9. The number of fused-ring (bicyclic) bond motifs is 3. The smallest absolute Gasteiger partial charge is 0.257 e. The van der Waals surface area contributed by atoms with E-state index in [1.54, 1.807) is 0 Å². The number of ketones is 2. The van der Waals surface area contributed by atoms with Crippen LogP contribution in [0.4, 0.5) is 0 Å². The SMILES string of the molecule is CC1=CC2NC(CNC(=O)C3=CN4C[C@H]5OC[C@H](C)N5C(=O)C4C(=O)C3=O)=NC2C=C1. The van der Waals surface area contributed by atoms with E-state index in [1.807, 2.05) is 26.0 Å². The number of Topliss-reactive ketones (excluding diaryl/α,β-unsaturated/α-hetero) is 2. The number of rotatable bonds is 3. The van der Waals surface area contributed by atoms with Crippen molar-refractivity contribution in [2.75, 3.05) is 19.7 Å². The van der Waals surface area contributed by atoms with E-state index in [4.69, 9.17) is 4.74 Å². The number of carbonyl (C=O) groups is 4. The molecule has 0 radical (unpaired) electrons. The molecule has 0 aromatic heterocycles. The van der Waals surface area contributed by atoms with Crippen LogP contribution in [-0.2, 0) is 23.9 Å². The molecule has 0 aromatic rings. The average Bonchev–Trinajstić information content (AvgIpc) is 3.31. The fraction of sp³-hybridized carbons (Fsp3) is 0.476. The van der Waals surface area contributed by atoms with E-state index in [0.29, 0.717) is 12.4 Å². The van der Waals surface area contributed by atoms with Crippen molar-refractivity contribution in [1.82, 2.24) is 20.4 Å². The van der Waals surface area contributed by atoms with Gasteiger partial charge in [-0.2, -0.15) is 0 Å². The summed E-state index contributed by atoms with van der Waals surface area (Å²) in [4.78, 5) is 58.3. The molecule has 0 spiro atoms. The van der Waals surface area contributed by atoms with Gasteiger partial charge in [-0.1, -0.05) is 23.8 Å². The molecule has 162 valence electrons. The molecule has 1 aliphatic carbocycles. The van der Waals surface area contributed by atoms with Crippen LogP contribution < -0.4 is 10.6 Å². The van der Waals surface area contributed by atoms with Crippen molar-refractivity contribution >= 4 is 29.2 Å². The zero-order valence-corrected chi connectivity index (χ0v) is 17.2. The molecule has 0 aromatic carbocycles. The Labute approximate surface area is 178 Å². The molecule has 2 N–H and O–H groups in total. The van der Waals surface area contributed by atoms with Crippen molar-refractivity contribution < 1.29 is 23.9 Å². The van der Waals surface area contributed by atoms with Crippen LogP contribution in [0.15, 0.2) is 40.6 Å². The van der Waals surface area contributed by atoms with E-state index in [1.165, 1.54) is 16.0 Å². The second kappa shape index (κ2) is 7.16. The third-order valence-corrected chi connectivity index (χ3v) is 6.18. The van der Waals surface area contributed by atoms with E-state index in [0.717, 1.165) is 5.57 Å². The number of hydrogen-bond donors (Lipinski definition) is 2. The fourth-order valence-electron chi connectivity index (χ4n) is 4.62. The first kappa shape index (κ1) is 19.7.